The summed E-state index contributed by atoms with van der Waals surface area (Å²) in [5.74, 6) is -0.0391. The lowest BCUT2D eigenvalue weighted by molar-refractivity contribution is 0.0553. The molecule has 0 radical (unpaired) electrons. The molecule has 1 aromatic heterocycles. The number of fused-ring (bicyclic) bond motifs is 2. The summed E-state index contributed by atoms with van der Waals surface area (Å²) in [6.07, 6.45) is 5.33. The van der Waals surface area contributed by atoms with Crippen LogP contribution < -0.4 is 0 Å². The van der Waals surface area contributed by atoms with Crippen molar-refractivity contribution in [1.82, 2.24) is 9.88 Å². The van der Waals surface area contributed by atoms with Gasteiger partial charge in [-0.3, -0.25) is 4.79 Å². The van der Waals surface area contributed by atoms with Crippen LogP contribution >= 0.6 is 0 Å². The maximum Gasteiger partial charge on any atom is 0.270 e. The van der Waals surface area contributed by atoms with E-state index in [1.54, 1.807) is 12.3 Å². The van der Waals surface area contributed by atoms with Crippen molar-refractivity contribution in [2.75, 3.05) is 6.61 Å². The van der Waals surface area contributed by atoms with E-state index in [2.05, 4.69) is 11.9 Å². The number of carbonyl (C=O) groups is 1. The van der Waals surface area contributed by atoms with Gasteiger partial charge >= 0.3 is 0 Å². The van der Waals surface area contributed by atoms with Gasteiger partial charge in [0.25, 0.3) is 5.91 Å². The van der Waals surface area contributed by atoms with Crippen molar-refractivity contribution >= 4 is 5.91 Å². The van der Waals surface area contributed by atoms with Gasteiger partial charge in [-0.15, -0.1) is 0 Å². The van der Waals surface area contributed by atoms with Gasteiger partial charge in [0.05, 0.1) is 12.2 Å². The van der Waals surface area contributed by atoms with Crippen LogP contribution in [-0.2, 0) is 0 Å². The number of nitriles is 1. The Morgan fingerprint density at radius 2 is 2.45 bits per heavy atom. The monoisotopic (exact) mass is 273 g/mol. The number of hydrogen-bond donors (Lipinski definition) is 2. The Morgan fingerprint density at radius 1 is 1.65 bits per heavy atom. The molecule has 2 saturated heterocycles. The Hall–Kier alpha value is -1.80. The van der Waals surface area contributed by atoms with Crippen molar-refractivity contribution in [2.45, 2.75) is 44.7 Å². The van der Waals surface area contributed by atoms with E-state index in [1.807, 2.05) is 11.0 Å². The fraction of sp³-hybridized carbons (Fsp3) is 0.600. The summed E-state index contributed by atoms with van der Waals surface area (Å²) in [6.45, 7) is 2.23. The Morgan fingerprint density at radius 3 is 3.00 bits per heavy atom. The van der Waals surface area contributed by atoms with Gasteiger partial charge in [0, 0.05) is 23.7 Å². The number of hydrogen-bond acceptors (Lipinski definition) is 3. The zero-order chi connectivity index (χ0) is 14.3. The SMILES string of the molecule is CC[C@]1(CO)C[C@H]2CC[C@@H]1N2C(=O)c1cc(C#N)c[nH]1. The molecule has 3 rings (SSSR count). The molecule has 5 nitrogen and oxygen atoms in total. The number of aromatic amines is 1. The second-order valence-corrected chi connectivity index (χ2v) is 5.95. The van der Waals surface area contributed by atoms with E-state index in [9.17, 15) is 9.90 Å². The van der Waals surface area contributed by atoms with Gasteiger partial charge in [0.1, 0.15) is 11.8 Å². The van der Waals surface area contributed by atoms with Crippen LogP contribution in [0.25, 0.3) is 0 Å². The number of amides is 1. The zero-order valence-corrected chi connectivity index (χ0v) is 11.6. The smallest absolute Gasteiger partial charge is 0.270 e. The average Bonchev–Trinajstić information content (AvgIpc) is 3.19. The number of aliphatic hydroxyl groups excluding tert-OH is 1. The molecule has 106 valence electrons. The predicted octanol–water partition coefficient (Wildman–Crippen LogP) is 1.65. The normalized spacial score (nSPS) is 31.6. The first-order valence-corrected chi connectivity index (χ1v) is 7.17. The summed E-state index contributed by atoms with van der Waals surface area (Å²) in [4.78, 5) is 17.5. The number of carbonyl (C=O) groups excluding carboxylic acids is 1. The van der Waals surface area contributed by atoms with Gasteiger partial charge in [-0.2, -0.15) is 5.26 Å². The van der Waals surface area contributed by atoms with Gasteiger partial charge in [-0.1, -0.05) is 6.92 Å². The highest BCUT2D eigenvalue weighted by atomic mass is 16.3. The molecule has 0 spiro atoms. The predicted molar refractivity (Wildman–Crippen MR) is 72.9 cm³/mol. The summed E-state index contributed by atoms with van der Waals surface area (Å²) in [6, 6.07) is 3.99. The third-order valence-electron chi connectivity index (χ3n) is 5.15. The van der Waals surface area contributed by atoms with Gasteiger partial charge in [0.15, 0.2) is 0 Å². The Bertz CT molecular complexity index is 568. The molecule has 2 N–H and O–H groups in total. The third-order valence-corrected chi connectivity index (χ3v) is 5.15. The van der Waals surface area contributed by atoms with E-state index >= 15 is 0 Å². The first kappa shape index (κ1) is 13.2. The molecule has 2 fully saturated rings. The van der Waals surface area contributed by atoms with E-state index < -0.39 is 0 Å². The van der Waals surface area contributed by atoms with Gasteiger partial charge in [0.2, 0.25) is 0 Å². The lowest BCUT2D eigenvalue weighted by Gasteiger charge is -2.34. The van der Waals surface area contributed by atoms with Crippen molar-refractivity contribution in [3.8, 4) is 6.07 Å². The largest absolute Gasteiger partial charge is 0.396 e. The maximum atomic E-state index is 12.7. The van der Waals surface area contributed by atoms with Crippen LogP contribution in [0, 0.1) is 16.7 Å². The minimum atomic E-state index is -0.136. The molecule has 2 bridgehead atoms. The highest BCUT2D eigenvalue weighted by molar-refractivity contribution is 5.93. The number of rotatable bonds is 3. The van der Waals surface area contributed by atoms with Crippen LogP contribution in [0.3, 0.4) is 0 Å². The minimum Gasteiger partial charge on any atom is -0.396 e. The molecule has 0 unspecified atom stereocenters. The number of nitrogens with zero attached hydrogens (tertiary/aromatic N) is 2. The van der Waals surface area contributed by atoms with Crippen LogP contribution in [-0.4, -0.2) is 39.6 Å². The minimum absolute atomic E-state index is 0.0391. The molecule has 3 heterocycles. The van der Waals surface area contributed by atoms with Crippen molar-refractivity contribution in [3.63, 3.8) is 0 Å². The fourth-order valence-corrected chi connectivity index (χ4v) is 3.98. The lowest BCUT2D eigenvalue weighted by Crippen LogP contribution is -2.42. The van der Waals surface area contributed by atoms with Crippen molar-refractivity contribution in [3.05, 3.63) is 23.5 Å². The maximum absolute atomic E-state index is 12.7. The summed E-state index contributed by atoms with van der Waals surface area (Å²) >= 11 is 0. The Labute approximate surface area is 118 Å². The van der Waals surface area contributed by atoms with Crippen molar-refractivity contribution in [1.29, 1.82) is 5.26 Å². The molecule has 5 heteroatoms. The molecule has 0 aromatic carbocycles. The number of aromatic nitrogens is 1. The van der Waals surface area contributed by atoms with E-state index in [-0.39, 0.29) is 30.0 Å². The Kier molecular flexibility index (Phi) is 3.06. The molecule has 0 saturated carbocycles. The first-order chi connectivity index (χ1) is 9.65. The third kappa shape index (κ3) is 1.68. The second-order valence-electron chi connectivity index (χ2n) is 5.95. The summed E-state index contributed by atoms with van der Waals surface area (Å²) in [7, 11) is 0. The van der Waals surface area contributed by atoms with E-state index in [0.29, 0.717) is 11.3 Å². The fourth-order valence-electron chi connectivity index (χ4n) is 3.98. The topological polar surface area (TPSA) is 80.1 Å². The van der Waals surface area contributed by atoms with Crippen LogP contribution in [0.4, 0.5) is 0 Å². The van der Waals surface area contributed by atoms with Crippen LogP contribution in [0.2, 0.25) is 0 Å². The molecular formula is C15H19N3O2. The average molecular weight is 273 g/mol. The summed E-state index contributed by atoms with van der Waals surface area (Å²) < 4.78 is 0. The standard InChI is InChI=1S/C15H19N3O2/c1-2-15(9-19)6-11-3-4-13(15)18(11)14(20)12-5-10(7-16)8-17-12/h5,8,11,13,17,19H,2-4,6,9H2,1H3/t11-,13+,15-/m1/s1. The molecule has 1 aromatic rings. The van der Waals surface area contributed by atoms with E-state index in [0.717, 1.165) is 25.7 Å². The second kappa shape index (κ2) is 4.64. The Balaban J connectivity index is 1.88. The molecule has 2 aliphatic rings. The van der Waals surface area contributed by atoms with Gasteiger partial charge in [-0.05, 0) is 31.7 Å². The van der Waals surface area contributed by atoms with E-state index in [1.165, 1.54) is 0 Å². The van der Waals surface area contributed by atoms with Crippen LogP contribution in [0.15, 0.2) is 12.3 Å². The zero-order valence-electron chi connectivity index (χ0n) is 11.6. The molecule has 0 aliphatic carbocycles. The van der Waals surface area contributed by atoms with E-state index in [4.69, 9.17) is 5.26 Å². The van der Waals surface area contributed by atoms with Crippen molar-refractivity contribution < 1.29 is 9.90 Å². The number of aliphatic hydroxyl groups is 1. The molecule has 20 heavy (non-hydrogen) atoms. The molecule has 2 aliphatic heterocycles. The lowest BCUT2D eigenvalue weighted by atomic mass is 9.72. The summed E-state index contributed by atoms with van der Waals surface area (Å²) in [5, 5.41) is 18.6. The summed E-state index contributed by atoms with van der Waals surface area (Å²) in [5.41, 5.74) is 0.815. The van der Waals surface area contributed by atoms with Gasteiger partial charge < -0.3 is 15.0 Å². The quantitative estimate of drug-likeness (QED) is 0.878. The molecule has 3 atom stereocenters. The van der Waals surface area contributed by atoms with Crippen molar-refractivity contribution in [2.24, 2.45) is 5.41 Å². The van der Waals surface area contributed by atoms with Crippen LogP contribution in [0.1, 0.15) is 48.7 Å². The highest BCUT2D eigenvalue weighted by Crippen LogP contribution is 2.51. The molecular weight excluding hydrogens is 254 g/mol. The first-order valence-electron chi connectivity index (χ1n) is 7.17. The highest BCUT2D eigenvalue weighted by Gasteiger charge is 2.56. The number of nitrogens with one attached hydrogen (secondary N) is 1. The molecule has 1 amide bonds. The number of H-pyrrole nitrogens is 1. The van der Waals surface area contributed by atoms with Crippen LogP contribution in [0.5, 0.6) is 0 Å². The van der Waals surface area contributed by atoms with Gasteiger partial charge in [-0.25, -0.2) is 0 Å².